The first-order valence-corrected chi connectivity index (χ1v) is 27.8. The van der Waals surface area contributed by atoms with Crippen molar-refractivity contribution < 1.29 is 73.2 Å². The van der Waals surface area contributed by atoms with Crippen LogP contribution < -0.4 is 27.1 Å². The molecule has 0 saturated heterocycles. The van der Waals surface area contributed by atoms with E-state index in [9.17, 15) is 75.0 Å². The summed E-state index contributed by atoms with van der Waals surface area (Å²) in [4.78, 5) is 78.8. The average molecular weight is 1280 g/mol. The van der Waals surface area contributed by atoms with Crippen LogP contribution in [0.3, 0.4) is 0 Å². The summed E-state index contributed by atoms with van der Waals surface area (Å²) in [7, 11) is 0. The van der Waals surface area contributed by atoms with E-state index in [-0.39, 0.29) is 129 Å². The minimum absolute atomic E-state index is 0.0538. The number of aromatic nitrogens is 5. The number of phenols is 7. The van der Waals surface area contributed by atoms with Crippen LogP contribution in [-0.2, 0) is 0 Å². The highest BCUT2D eigenvalue weighted by atomic mass is 16.4. The summed E-state index contributed by atoms with van der Waals surface area (Å²) in [6.07, 6.45) is 5.57. The molecule has 0 unspecified atom stereocenters. The van der Waals surface area contributed by atoms with Crippen molar-refractivity contribution in [3.05, 3.63) is 264 Å². The molecule has 10 aromatic heterocycles. The molecule has 25 heteroatoms. The van der Waals surface area contributed by atoms with Gasteiger partial charge >= 0.3 is 0 Å². The zero-order valence-corrected chi connectivity index (χ0v) is 48.5. The maximum Gasteiger partial charge on any atom is 0.211 e. The lowest BCUT2D eigenvalue weighted by molar-refractivity contribution is 0.404. The molecule has 5 aromatic carbocycles. The summed E-state index contributed by atoms with van der Waals surface area (Å²) in [5.41, 5.74) is 3.41. The second kappa shape index (κ2) is 26.9. The van der Waals surface area contributed by atoms with Gasteiger partial charge in [0.05, 0.1) is 11.8 Å². The molecular weight excluding hydrogens is 1230 g/mol. The molecule has 10 N–H and O–H groups in total. The highest BCUT2D eigenvalue weighted by molar-refractivity contribution is 5.81. The van der Waals surface area contributed by atoms with Crippen molar-refractivity contribution in [2.24, 2.45) is 0 Å². The summed E-state index contributed by atoms with van der Waals surface area (Å²) in [5.74, 6) is 0.802. The number of rotatable bonds is 5. The van der Waals surface area contributed by atoms with Crippen molar-refractivity contribution >= 4 is 55.5 Å². The van der Waals surface area contributed by atoms with Crippen LogP contribution in [0.1, 0.15) is 0 Å². The summed E-state index contributed by atoms with van der Waals surface area (Å²) in [6.45, 7) is 0. The number of pyridine rings is 5. The van der Waals surface area contributed by atoms with E-state index in [4.69, 9.17) is 22.1 Å². The Bertz CT molecular complexity index is 5680. The predicted octanol–water partition coefficient (Wildman–Crippen LogP) is 11.3. The molecule has 25 nitrogen and oxygen atoms in total. The molecule has 95 heavy (non-hydrogen) atoms. The highest BCUT2D eigenvalue weighted by Gasteiger charge is 2.16. The van der Waals surface area contributed by atoms with Gasteiger partial charge in [0.2, 0.25) is 33.0 Å². The monoisotopic (exact) mass is 1280 g/mol. The third kappa shape index (κ3) is 14.3. The SMILES string of the molecule is O=c1cc(-c2ccc(O)c(O)c2)oc2cccnc12.O=c1cc(-c2ccc(O)cc2)oc2c(O)ccnc12.O=c1cc(-c2ccc(O)cc2)oc2cc(O)cnc12.O=c1cc(-c2ccc(O)cc2)oc2ccc(O)nc12.O=c1cc(-c2ccc(O)cc2O)oc2cccnc12. The summed E-state index contributed by atoms with van der Waals surface area (Å²) in [6, 6.07) is 45.7. The molecule has 470 valence electrons. The van der Waals surface area contributed by atoms with Gasteiger partial charge in [-0.2, -0.15) is 0 Å². The molecule has 0 atom stereocenters. The summed E-state index contributed by atoms with van der Waals surface area (Å²) < 4.78 is 27.7. The number of phenolic OH excluding ortho intramolecular Hbond substituents is 7. The zero-order chi connectivity index (χ0) is 67.0. The average Bonchev–Trinajstić information content (AvgIpc) is 0.873. The Morgan fingerprint density at radius 2 is 0.705 bits per heavy atom. The number of hydrogen-bond acceptors (Lipinski definition) is 25. The molecule has 0 aliphatic carbocycles. The van der Waals surface area contributed by atoms with Crippen molar-refractivity contribution in [1.29, 1.82) is 0 Å². The Hall–Kier alpha value is -14.1. The minimum atomic E-state index is -0.333. The fourth-order valence-electron chi connectivity index (χ4n) is 9.07. The van der Waals surface area contributed by atoms with Crippen molar-refractivity contribution in [3.8, 4) is 114 Å². The fraction of sp³-hybridized carbons (Fsp3) is 0. The van der Waals surface area contributed by atoms with Gasteiger partial charge in [-0.25, -0.2) is 24.9 Å². The quantitative estimate of drug-likeness (QED) is 0.0715. The van der Waals surface area contributed by atoms with Crippen LogP contribution in [0.25, 0.3) is 112 Å². The van der Waals surface area contributed by atoms with Crippen LogP contribution in [-0.4, -0.2) is 76.0 Å². The topological polar surface area (TPSA) is 418 Å². The molecule has 0 saturated carbocycles. The highest BCUT2D eigenvalue weighted by Crippen LogP contribution is 2.34. The lowest BCUT2D eigenvalue weighted by atomic mass is 10.1. The van der Waals surface area contributed by atoms with Crippen LogP contribution >= 0.6 is 0 Å². The molecule has 0 aliphatic heterocycles. The number of hydrogen-bond donors (Lipinski definition) is 10. The molecule has 0 radical (unpaired) electrons. The molecule has 0 amide bonds. The summed E-state index contributed by atoms with van der Waals surface area (Å²) in [5, 5.41) is 93.7. The third-order valence-corrected chi connectivity index (χ3v) is 13.6. The van der Waals surface area contributed by atoms with Crippen LogP contribution in [0.2, 0.25) is 0 Å². The first kappa shape index (κ1) is 62.5. The first-order chi connectivity index (χ1) is 45.7. The van der Waals surface area contributed by atoms with E-state index in [1.807, 2.05) is 0 Å². The van der Waals surface area contributed by atoms with Crippen LogP contribution in [0.5, 0.6) is 57.6 Å². The Labute approximate surface area is 529 Å². The zero-order valence-electron chi connectivity index (χ0n) is 48.5. The molecule has 15 rings (SSSR count). The van der Waals surface area contributed by atoms with Gasteiger partial charge in [0.1, 0.15) is 63.3 Å². The number of fused-ring (bicyclic) bond motifs is 5. The summed E-state index contributed by atoms with van der Waals surface area (Å²) >= 11 is 0. The van der Waals surface area contributed by atoms with Gasteiger partial charge < -0.3 is 73.2 Å². The van der Waals surface area contributed by atoms with E-state index in [0.29, 0.717) is 67.6 Å². The van der Waals surface area contributed by atoms with Crippen LogP contribution in [0.15, 0.2) is 259 Å². The largest absolute Gasteiger partial charge is 0.508 e. The molecule has 0 spiro atoms. The van der Waals surface area contributed by atoms with E-state index in [0.717, 1.165) is 0 Å². The Kier molecular flexibility index (Phi) is 17.7. The first-order valence-electron chi connectivity index (χ1n) is 27.8. The number of benzene rings is 5. The van der Waals surface area contributed by atoms with Crippen molar-refractivity contribution in [2.75, 3.05) is 0 Å². The molecule has 0 fully saturated rings. The maximum absolute atomic E-state index is 11.9. The Morgan fingerprint density at radius 3 is 1.24 bits per heavy atom. The number of nitrogens with zero attached hydrogens (tertiary/aromatic N) is 5. The van der Waals surface area contributed by atoms with Gasteiger partial charge in [-0.1, -0.05) is 0 Å². The van der Waals surface area contributed by atoms with E-state index < -0.39 is 0 Å². The third-order valence-electron chi connectivity index (χ3n) is 13.6. The molecular formula is C70H45N5O20. The fourth-order valence-corrected chi connectivity index (χ4v) is 9.07. The van der Waals surface area contributed by atoms with Gasteiger partial charge in [0.15, 0.2) is 72.7 Å². The Balaban J connectivity index is 0.000000121. The normalized spacial score (nSPS) is 10.7. The van der Waals surface area contributed by atoms with Gasteiger partial charge in [-0.15, -0.1) is 0 Å². The molecule has 15 aromatic rings. The number of aromatic hydroxyl groups is 10. The Morgan fingerprint density at radius 1 is 0.274 bits per heavy atom. The second-order valence-corrected chi connectivity index (χ2v) is 20.2. The van der Waals surface area contributed by atoms with Crippen molar-refractivity contribution in [3.63, 3.8) is 0 Å². The van der Waals surface area contributed by atoms with Crippen LogP contribution in [0, 0.1) is 0 Å². The maximum atomic E-state index is 11.9. The van der Waals surface area contributed by atoms with Crippen molar-refractivity contribution in [1.82, 2.24) is 24.9 Å². The van der Waals surface area contributed by atoms with E-state index >= 15 is 0 Å². The van der Waals surface area contributed by atoms with E-state index in [1.54, 1.807) is 66.7 Å². The van der Waals surface area contributed by atoms with Crippen LogP contribution in [0.4, 0.5) is 0 Å². The van der Waals surface area contributed by atoms with Gasteiger partial charge in [0, 0.05) is 95.4 Å². The minimum Gasteiger partial charge on any atom is -0.508 e. The van der Waals surface area contributed by atoms with Gasteiger partial charge in [-0.3, -0.25) is 24.0 Å². The lowest BCUT2D eigenvalue weighted by Gasteiger charge is -2.05. The standard InChI is InChI=1S/5C14H9NO4/c16-9-3-1-8(2-4-9)12-6-11(18)14-13(19-12)5-10(17)7-15-14;16-9-3-1-8(2-4-9)12-7-10(17)14-11(19-12)5-6-13(18)15-14;16-9-3-1-8(2-4-9)12-7-11(18)13-14(19-12)10(17)5-6-15-13;16-8-3-4-9(10(17)6-8)13-7-11(18)14-12(19-13)2-1-5-15-14;16-9-4-3-8(6-10(9)17)13-7-11(18)14-12(19-13)2-1-5-15-14/h1-7,16-17H;1-7,16H,(H,15,18);1-7,16H,(H,15,17);2*1-7,16-17H. The molecule has 10 heterocycles. The van der Waals surface area contributed by atoms with E-state index in [2.05, 4.69) is 24.9 Å². The molecule has 0 bridgehead atoms. The predicted molar refractivity (Wildman–Crippen MR) is 345 cm³/mol. The van der Waals surface area contributed by atoms with Gasteiger partial charge in [0.25, 0.3) is 0 Å². The molecule has 0 aliphatic rings. The van der Waals surface area contributed by atoms with Crippen molar-refractivity contribution in [2.45, 2.75) is 0 Å². The lowest BCUT2D eigenvalue weighted by Crippen LogP contribution is -2.02. The van der Waals surface area contributed by atoms with E-state index in [1.165, 1.54) is 146 Å². The smallest absolute Gasteiger partial charge is 0.211 e. The second-order valence-electron chi connectivity index (χ2n) is 20.2. The van der Waals surface area contributed by atoms with Gasteiger partial charge in [-0.05, 0) is 133 Å².